The Labute approximate surface area is 175 Å². The van der Waals surface area contributed by atoms with Crippen LogP contribution in [-0.2, 0) is 25.7 Å². The number of halogens is 2. The molecule has 0 aliphatic heterocycles. The predicted molar refractivity (Wildman–Crippen MR) is 106 cm³/mol. The molecule has 0 saturated carbocycles. The Morgan fingerprint density at radius 2 is 1.77 bits per heavy atom. The summed E-state index contributed by atoms with van der Waals surface area (Å²) in [7, 11) is 1.36. The van der Waals surface area contributed by atoms with Crippen LogP contribution in [0.4, 0.5) is 8.78 Å². The Hall–Kier alpha value is -2.55. The second-order valence-electron chi connectivity index (χ2n) is 8.60. The van der Waals surface area contributed by atoms with Crippen molar-refractivity contribution in [2.45, 2.75) is 53.6 Å². The van der Waals surface area contributed by atoms with E-state index in [1.54, 1.807) is 20.8 Å². The molecule has 1 unspecified atom stereocenters. The average molecular weight is 428 g/mol. The van der Waals surface area contributed by atoms with Crippen LogP contribution in [-0.4, -0.2) is 52.7 Å². The summed E-state index contributed by atoms with van der Waals surface area (Å²) >= 11 is 0. The Balaban J connectivity index is 3.23. The first-order valence-corrected chi connectivity index (χ1v) is 9.60. The van der Waals surface area contributed by atoms with Crippen molar-refractivity contribution < 1.29 is 33.0 Å². The van der Waals surface area contributed by atoms with Gasteiger partial charge in [-0.2, -0.15) is 0 Å². The fourth-order valence-electron chi connectivity index (χ4n) is 2.96. The van der Waals surface area contributed by atoms with Crippen molar-refractivity contribution in [1.29, 1.82) is 0 Å². The highest BCUT2D eigenvalue weighted by Crippen LogP contribution is 2.27. The van der Waals surface area contributed by atoms with Gasteiger partial charge in [-0.1, -0.05) is 46.8 Å². The third kappa shape index (κ3) is 7.05. The van der Waals surface area contributed by atoms with Gasteiger partial charge in [-0.25, -0.2) is 13.8 Å². The van der Waals surface area contributed by atoms with E-state index in [0.717, 1.165) is 16.1 Å². The van der Waals surface area contributed by atoms with Gasteiger partial charge in [0.25, 0.3) is 0 Å². The number of hydrogen-bond acceptors (Lipinski definition) is 5. The summed E-state index contributed by atoms with van der Waals surface area (Å²) in [5, 5.41) is 11.8. The van der Waals surface area contributed by atoms with Crippen molar-refractivity contribution >= 4 is 17.8 Å². The van der Waals surface area contributed by atoms with Crippen LogP contribution >= 0.6 is 0 Å². The van der Waals surface area contributed by atoms with E-state index in [4.69, 9.17) is 4.74 Å². The summed E-state index contributed by atoms with van der Waals surface area (Å²) in [5.74, 6) is -4.94. The van der Waals surface area contributed by atoms with Gasteiger partial charge in [0.05, 0.1) is 13.2 Å². The number of carbonyl (C=O) groups is 3. The van der Waals surface area contributed by atoms with Crippen LogP contribution in [0.3, 0.4) is 0 Å². The zero-order chi connectivity index (χ0) is 23.2. The minimum Gasteiger partial charge on any atom is -0.480 e. The highest BCUT2D eigenvalue weighted by atomic mass is 19.2. The maximum absolute atomic E-state index is 14.2. The van der Waals surface area contributed by atoms with Gasteiger partial charge in [0.2, 0.25) is 5.91 Å². The highest BCUT2D eigenvalue weighted by Gasteiger charge is 2.39. The number of ether oxygens (including phenoxy) is 1. The van der Waals surface area contributed by atoms with E-state index in [-0.39, 0.29) is 18.1 Å². The normalized spacial score (nSPS) is 12.7. The molecular weight excluding hydrogens is 398 g/mol. The number of carbonyl (C=O) groups excluding carboxylic acids is 2. The van der Waals surface area contributed by atoms with Crippen LogP contribution in [0.1, 0.15) is 46.6 Å². The molecule has 0 radical (unpaired) electrons. The number of rotatable bonds is 9. The summed E-state index contributed by atoms with van der Waals surface area (Å²) in [4.78, 5) is 36.8. The number of carboxylic acids is 1. The van der Waals surface area contributed by atoms with Gasteiger partial charge in [0.1, 0.15) is 12.5 Å². The molecule has 1 N–H and O–H groups in total. The molecule has 168 valence electrons. The number of aliphatic carboxylic acids is 1. The van der Waals surface area contributed by atoms with Crippen LogP contribution < -0.4 is 0 Å². The predicted octanol–water partition coefficient (Wildman–Crippen LogP) is 3.23. The lowest BCUT2D eigenvalue weighted by molar-refractivity contribution is -0.171. The number of amides is 1. The molecule has 1 aromatic carbocycles. The average Bonchev–Trinajstić information content (AvgIpc) is 2.59. The number of hydrazine groups is 1. The Kier molecular flexibility index (Phi) is 8.90. The number of likely N-dealkylation sites (N-methyl/N-ethyl adjacent to an activating group) is 1. The van der Waals surface area contributed by atoms with Crippen LogP contribution in [0.5, 0.6) is 0 Å². The standard InChI is InChI=1S/C21H30F2N2O5/c1-13(2)12-30-17(27)10-16(26)25(11-14-8-7-9-15(22)18(14)23)24(6)19(20(28)29)21(3,4)5/h7-9,13,19H,10-12H2,1-6H3,(H,28,29). The summed E-state index contributed by atoms with van der Waals surface area (Å²) in [6.07, 6.45) is -0.662. The summed E-state index contributed by atoms with van der Waals surface area (Å²) in [5.41, 5.74) is -0.957. The zero-order valence-corrected chi connectivity index (χ0v) is 18.2. The SMILES string of the molecule is CC(C)COC(=O)CC(=O)N(Cc1cccc(F)c1F)N(C)C(C(=O)O)C(C)(C)C. The molecule has 1 amide bonds. The quantitative estimate of drug-likeness (QED) is 0.369. The highest BCUT2D eigenvalue weighted by molar-refractivity contribution is 5.94. The van der Waals surface area contributed by atoms with Crippen LogP contribution in [0.2, 0.25) is 0 Å². The smallest absolute Gasteiger partial charge is 0.323 e. The lowest BCUT2D eigenvalue weighted by Gasteiger charge is -2.41. The zero-order valence-electron chi connectivity index (χ0n) is 18.2. The number of benzene rings is 1. The first-order chi connectivity index (χ1) is 13.8. The van der Waals surface area contributed by atoms with Crippen molar-refractivity contribution in [3.8, 4) is 0 Å². The van der Waals surface area contributed by atoms with Crippen molar-refractivity contribution in [3.05, 3.63) is 35.4 Å². The second-order valence-corrected chi connectivity index (χ2v) is 8.60. The second kappa shape index (κ2) is 10.5. The molecule has 0 aromatic heterocycles. The van der Waals surface area contributed by atoms with E-state index in [0.29, 0.717) is 0 Å². The molecule has 7 nitrogen and oxygen atoms in total. The Bertz CT molecular complexity index is 777. The molecule has 30 heavy (non-hydrogen) atoms. The van der Waals surface area contributed by atoms with E-state index in [2.05, 4.69) is 0 Å². The molecule has 1 aromatic rings. The van der Waals surface area contributed by atoms with Crippen LogP contribution in [0, 0.1) is 23.0 Å². The first kappa shape index (κ1) is 25.5. The summed E-state index contributed by atoms with van der Waals surface area (Å²) < 4.78 is 32.9. The van der Waals surface area contributed by atoms with Gasteiger partial charge in [-0.05, 0) is 17.4 Å². The van der Waals surface area contributed by atoms with Crippen molar-refractivity contribution in [2.24, 2.45) is 11.3 Å². The molecule has 1 atom stereocenters. The van der Waals surface area contributed by atoms with Crippen molar-refractivity contribution in [2.75, 3.05) is 13.7 Å². The molecule has 0 aliphatic rings. The van der Waals surface area contributed by atoms with Crippen molar-refractivity contribution in [3.63, 3.8) is 0 Å². The maximum atomic E-state index is 14.2. The van der Waals surface area contributed by atoms with Crippen molar-refractivity contribution in [1.82, 2.24) is 10.0 Å². The molecule has 0 fully saturated rings. The monoisotopic (exact) mass is 428 g/mol. The molecule has 1 rings (SSSR count). The van der Waals surface area contributed by atoms with Gasteiger partial charge in [-0.3, -0.25) is 19.4 Å². The fourth-order valence-corrected chi connectivity index (χ4v) is 2.96. The third-order valence-corrected chi connectivity index (χ3v) is 4.32. The number of carboxylic acid groups (broad SMARTS) is 1. The van der Waals surface area contributed by atoms with E-state index in [1.807, 2.05) is 13.8 Å². The van der Waals surface area contributed by atoms with E-state index < -0.39 is 53.9 Å². The fraction of sp³-hybridized carbons (Fsp3) is 0.571. The molecule has 0 spiro atoms. The minimum absolute atomic E-state index is 0.0708. The number of hydrogen-bond donors (Lipinski definition) is 1. The van der Waals surface area contributed by atoms with Gasteiger partial charge in [-0.15, -0.1) is 0 Å². The first-order valence-electron chi connectivity index (χ1n) is 9.60. The van der Waals surface area contributed by atoms with E-state index >= 15 is 0 Å². The molecule has 0 heterocycles. The molecule has 9 heteroatoms. The number of esters is 1. The van der Waals surface area contributed by atoms with Crippen LogP contribution in [0.15, 0.2) is 18.2 Å². The van der Waals surface area contributed by atoms with E-state index in [1.165, 1.54) is 19.2 Å². The maximum Gasteiger partial charge on any atom is 0.323 e. The lowest BCUT2D eigenvalue weighted by atomic mass is 9.86. The Morgan fingerprint density at radius 3 is 2.27 bits per heavy atom. The number of nitrogens with zero attached hydrogens (tertiary/aromatic N) is 2. The third-order valence-electron chi connectivity index (χ3n) is 4.32. The molecule has 0 aliphatic carbocycles. The molecule has 0 saturated heterocycles. The van der Waals surface area contributed by atoms with Gasteiger partial charge < -0.3 is 9.84 Å². The Morgan fingerprint density at radius 1 is 1.17 bits per heavy atom. The largest absolute Gasteiger partial charge is 0.480 e. The van der Waals surface area contributed by atoms with Gasteiger partial charge >= 0.3 is 11.9 Å². The van der Waals surface area contributed by atoms with Crippen LogP contribution in [0.25, 0.3) is 0 Å². The summed E-state index contributed by atoms with van der Waals surface area (Å²) in [6.45, 7) is 8.36. The summed E-state index contributed by atoms with van der Waals surface area (Å²) in [6, 6.07) is 2.33. The minimum atomic E-state index is -1.20. The topological polar surface area (TPSA) is 87.2 Å². The molecule has 0 bridgehead atoms. The van der Waals surface area contributed by atoms with E-state index in [9.17, 15) is 28.3 Å². The van der Waals surface area contributed by atoms with Gasteiger partial charge in [0.15, 0.2) is 11.6 Å². The molecular formula is C21H30F2N2O5. The lowest BCUT2D eigenvalue weighted by Crippen LogP contribution is -2.56. The van der Waals surface area contributed by atoms with Gasteiger partial charge in [0, 0.05) is 12.6 Å².